The minimum absolute atomic E-state index is 0.0333. The van der Waals surface area contributed by atoms with Gasteiger partial charge < -0.3 is 15.1 Å². The average Bonchev–Trinajstić information content (AvgIpc) is 2.67. The van der Waals surface area contributed by atoms with E-state index in [-0.39, 0.29) is 18.4 Å². The van der Waals surface area contributed by atoms with Crippen molar-refractivity contribution in [3.05, 3.63) is 54.6 Å². The van der Waals surface area contributed by atoms with Crippen molar-refractivity contribution in [1.82, 2.24) is 9.80 Å². The molecule has 0 saturated carbocycles. The lowest BCUT2D eigenvalue weighted by Gasteiger charge is -2.27. The van der Waals surface area contributed by atoms with Crippen molar-refractivity contribution in [2.75, 3.05) is 49.5 Å². The molecule has 1 N–H and O–H groups in total. The molecule has 0 spiro atoms. The van der Waals surface area contributed by atoms with Gasteiger partial charge in [-0.3, -0.25) is 9.59 Å². The van der Waals surface area contributed by atoms with Crippen molar-refractivity contribution in [2.45, 2.75) is 6.92 Å². The Morgan fingerprint density at radius 3 is 2.50 bits per heavy atom. The Bertz CT molecular complexity index is 659. The summed E-state index contributed by atoms with van der Waals surface area (Å²) in [5.74, 6) is 2.01. The van der Waals surface area contributed by atoms with E-state index in [2.05, 4.69) is 18.5 Å². The van der Waals surface area contributed by atoms with Crippen LogP contribution < -0.4 is 5.32 Å². The lowest BCUT2D eigenvalue weighted by Crippen LogP contribution is -2.38. The quantitative estimate of drug-likeness (QED) is 0.712. The van der Waals surface area contributed by atoms with Crippen LogP contribution in [0.5, 0.6) is 0 Å². The van der Waals surface area contributed by atoms with Crippen LogP contribution in [0.15, 0.2) is 43.5 Å². The minimum atomic E-state index is -0.0333. The number of thioether (sulfide) groups is 1. The van der Waals surface area contributed by atoms with Gasteiger partial charge in [-0.05, 0) is 24.6 Å². The van der Waals surface area contributed by atoms with Crippen LogP contribution in [0.4, 0.5) is 5.69 Å². The van der Waals surface area contributed by atoms with E-state index < -0.39 is 0 Å². The number of anilines is 1. The first kappa shape index (κ1) is 20.1. The van der Waals surface area contributed by atoms with Crippen LogP contribution in [0.2, 0.25) is 0 Å². The van der Waals surface area contributed by atoms with E-state index in [1.807, 2.05) is 41.8 Å². The van der Waals surface area contributed by atoms with Crippen LogP contribution in [-0.2, 0) is 4.79 Å². The smallest absolute Gasteiger partial charge is 0.254 e. The Kier molecular flexibility index (Phi) is 7.78. The molecule has 1 aromatic rings. The zero-order chi connectivity index (χ0) is 18.9. The molecule has 0 radical (unpaired) electrons. The number of rotatable bonds is 8. The number of hydrogen-bond donors (Lipinski definition) is 1. The van der Waals surface area contributed by atoms with E-state index in [1.165, 1.54) is 0 Å². The molecule has 140 valence electrons. The van der Waals surface area contributed by atoms with Crippen molar-refractivity contribution in [1.29, 1.82) is 0 Å². The molecule has 0 unspecified atom stereocenters. The monoisotopic (exact) mass is 373 g/mol. The molecule has 6 heteroatoms. The number of hydrogen-bond acceptors (Lipinski definition) is 4. The predicted molar refractivity (Wildman–Crippen MR) is 110 cm³/mol. The second-order valence-corrected chi connectivity index (χ2v) is 7.34. The fourth-order valence-electron chi connectivity index (χ4n) is 2.87. The number of amides is 2. The fraction of sp³-hybridized carbons (Fsp3) is 0.400. The highest BCUT2D eigenvalue weighted by atomic mass is 32.2. The average molecular weight is 374 g/mol. The molecule has 1 fully saturated rings. The van der Waals surface area contributed by atoms with Crippen LogP contribution in [0.1, 0.15) is 15.9 Å². The van der Waals surface area contributed by atoms with Gasteiger partial charge in [0.25, 0.3) is 5.91 Å². The summed E-state index contributed by atoms with van der Waals surface area (Å²) in [6.45, 7) is 12.0. The Morgan fingerprint density at radius 2 is 1.88 bits per heavy atom. The van der Waals surface area contributed by atoms with E-state index in [0.717, 1.165) is 35.8 Å². The van der Waals surface area contributed by atoms with E-state index in [4.69, 9.17) is 0 Å². The zero-order valence-corrected chi connectivity index (χ0v) is 16.2. The molecule has 0 bridgehead atoms. The van der Waals surface area contributed by atoms with Gasteiger partial charge in [-0.1, -0.05) is 18.2 Å². The van der Waals surface area contributed by atoms with Gasteiger partial charge in [-0.15, -0.1) is 13.2 Å². The summed E-state index contributed by atoms with van der Waals surface area (Å²) < 4.78 is 0. The lowest BCUT2D eigenvalue weighted by molar-refractivity contribution is -0.128. The molecule has 1 aromatic carbocycles. The third-order valence-corrected chi connectivity index (χ3v) is 5.29. The normalized spacial score (nSPS) is 13.8. The number of carbonyl (C=O) groups is 2. The highest BCUT2D eigenvalue weighted by Crippen LogP contribution is 2.22. The van der Waals surface area contributed by atoms with Gasteiger partial charge in [0.15, 0.2) is 0 Å². The maximum atomic E-state index is 12.8. The molecule has 0 atom stereocenters. The molecule has 2 amide bonds. The van der Waals surface area contributed by atoms with Crippen molar-refractivity contribution in [3.8, 4) is 0 Å². The molecular formula is C20H27N3O2S. The second-order valence-electron chi connectivity index (χ2n) is 6.11. The van der Waals surface area contributed by atoms with Crippen LogP contribution in [0, 0.1) is 6.92 Å². The first-order valence-electron chi connectivity index (χ1n) is 8.78. The van der Waals surface area contributed by atoms with Crippen LogP contribution >= 0.6 is 11.8 Å². The first-order valence-corrected chi connectivity index (χ1v) is 9.94. The fourth-order valence-corrected chi connectivity index (χ4v) is 3.77. The molecule has 0 aromatic heterocycles. The van der Waals surface area contributed by atoms with Gasteiger partial charge in [0.05, 0.1) is 6.54 Å². The number of benzene rings is 1. The highest BCUT2D eigenvalue weighted by molar-refractivity contribution is 7.99. The van der Waals surface area contributed by atoms with Gasteiger partial charge in [0, 0.05) is 48.9 Å². The number of carbonyl (C=O) groups excluding carboxylic acids is 2. The number of nitrogens with zero attached hydrogens (tertiary/aromatic N) is 2. The lowest BCUT2D eigenvalue weighted by atomic mass is 10.1. The largest absolute Gasteiger partial charge is 0.376 e. The summed E-state index contributed by atoms with van der Waals surface area (Å²) in [4.78, 5) is 28.7. The Morgan fingerprint density at radius 1 is 1.23 bits per heavy atom. The molecule has 1 heterocycles. The van der Waals surface area contributed by atoms with Gasteiger partial charge >= 0.3 is 0 Å². The van der Waals surface area contributed by atoms with Crippen molar-refractivity contribution >= 4 is 29.3 Å². The van der Waals surface area contributed by atoms with Gasteiger partial charge in [0.1, 0.15) is 0 Å². The first-order chi connectivity index (χ1) is 12.6. The van der Waals surface area contributed by atoms with E-state index >= 15 is 0 Å². The molecule has 1 aliphatic heterocycles. The Hall–Kier alpha value is -2.21. The molecular weight excluding hydrogens is 346 g/mol. The standard InChI is InChI=1S/C20H27N3O2S/c1-4-9-22(10-5-2)19(24)15-21-18-8-6-7-17(16(18)3)20(25)23-11-13-26-14-12-23/h4-8,21H,1-2,9-15H2,3H3. The van der Waals surface area contributed by atoms with Gasteiger partial charge in [0.2, 0.25) is 5.91 Å². The predicted octanol–water partition coefficient (Wildman–Crippen LogP) is 2.80. The van der Waals surface area contributed by atoms with E-state index in [9.17, 15) is 9.59 Å². The van der Waals surface area contributed by atoms with Crippen molar-refractivity contribution in [3.63, 3.8) is 0 Å². The topological polar surface area (TPSA) is 52.7 Å². The summed E-state index contributed by atoms with van der Waals surface area (Å²) in [6.07, 6.45) is 3.39. The third kappa shape index (κ3) is 5.14. The summed E-state index contributed by atoms with van der Waals surface area (Å²) in [5.41, 5.74) is 2.39. The zero-order valence-electron chi connectivity index (χ0n) is 15.4. The highest BCUT2D eigenvalue weighted by Gasteiger charge is 2.21. The van der Waals surface area contributed by atoms with E-state index in [0.29, 0.717) is 18.7 Å². The van der Waals surface area contributed by atoms with Crippen LogP contribution in [0.3, 0.4) is 0 Å². The molecule has 26 heavy (non-hydrogen) atoms. The van der Waals surface area contributed by atoms with Crippen LogP contribution in [0.25, 0.3) is 0 Å². The maximum Gasteiger partial charge on any atom is 0.254 e. The third-order valence-electron chi connectivity index (χ3n) is 4.34. The maximum absolute atomic E-state index is 12.8. The summed E-state index contributed by atoms with van der Waals surface area (Å²) in [5, 5.41) is 3.17. The Balaban J connectivity index is 2.06. The van der Waals surface area contributed by atoms with Crippen LogP contribution in [-0.4, -0.2) is 65.8 Å². The molecule has 5 nitrogen and oxygen atoms in total. The molecule has 2 rings (SSSR count). The SMILES string of the molecule is C=CCN(CC=C)C(=O)CNc1cccc(C(=O)N2CCSCC2)c1C. The summed E-state index contributed by atoms with van der Waals surface area (Å²) >= 11 is 1.88. The van der Waals surface area contributed by atoms with Crippen molar-refractivity contribution < 1.29 is 9.59 Å². The van der Waals surface area contributed by atoms with E-state index in [1.54, 1.807) is 17.1 Å². The second kappa shape index (κ2) is 10.1. The molecule has 1 saturated heterocycles. The summed E-state index contributed by atoms with van der Waals surface area (Å²) in [6, 6.07) is 5.61. The molecule has 1 aliphatic rings. The number of nitrogens with one attached hydrogen (secondary N) is 1. The summed E-state index contributed by atoms with van der Waals surface area (Å²) in [7, 11) is 0. The van der Waals surface area contributed by atoms with Gasteiger partial charge in [-0.2, -0.15) is 11.8 Å². The Labute approximate surface area is 160 Å². The minimum Gasteiger partial charge on any atom is -0.376 e. The van der Waals surface area contributed by atoms with Crippen molar-refractivity contribution in [2.24, 2.45) is 0 Å². The van der Waals surface area contributed by atoms with Gasteiger partial charge in [-0.25, -0.2) is 0 Å². The molecule has 0 aliphatic carbocycles.